The van der Waals surface area contributed by atoms with E-state index in [2.05, 4.69) is 10.6 Å². The van der Waals surface area contributed by atoms with Gasteiger partial charge in [0.25, 0.3) is 5.91 Å². The number of alkyl carbamates (subject to hydrolysis) is 1. The van der Waals surface area contributed by atoms with Gasteiger partial charge in [0.1, 0.15) is 23.4 Å². The molecule has 0 aliphatic carbocycles. The fourth-order valence-corrected chi connectivity index (χ4v) is 3.90. The standard InChI is InChI=1S/C28H38N4O6/c1-17(2)32(26(36)21(15-16-23(29)34)31-27(37)38-28(4,5)6)24(19-12-8-10-14-22(19)33)25(35)30-20-13-9-7-11-18(20)3/h7-14,17,21,24,33H,15-16H2,1-6H3,(H2,29,34)(H,30,35)(H,31,37). The summed E-state index contributed by atoms with van der Waals surface area (Å²) >= 11 is 0. The molecule has 0 aliphatic heterocycles. The summed E-state index contributed by atoms with van der Waals surface area (Å²) in [5.74, 6) is -2.03. The SMILES string of the molecule is Cc1ccccc1NC(=O)C(c1ccccc1O)N(C(=O)C(CCC(N)=O)NC(=O)OC(C)(C)C)C(C)C. The van der Waals surface area contributed by atoms with Crippen molar-refractivity contribution in [2.45, 2.75) is 78.1 Å². The highest BCUT2D eigenvalue weighted by atomic mass is 16.6. The van der Waals surface area contributed by atoms with Gasteiger partial charge in [-0.05, 0) is 65.7 Å². The van der Waals surface area contributed by atoms with E-state index in [1.54, 1.807) is 65.0 Å². The number of amides is 4. The second-order valence-electron chi connectivity index (χ2n) is 10.3. The fourth-order valence-electron chi connectivity index (χ4n) is 3.90. The minimum Gasteiger partial charge on any atom is -0.508 e. The Labute approximate surface area is 223 Å². The van der Waals surface area contributed by atoms with Crippen molar-refractivity contribution in [3.63, 3.8) is 0 Å². The highest BCUT2D eigenvalue weighted by molar-refractivity contribution is 6.00. The number of benzene rings is 2. The first-order chi connectivity index (χ1) is 17.7. The molecule has 0 saturated carbocycles. The molecule has 10 heteroatoms. The first-order valence-corrected chi connectivity index (χ1v) is 12.5. The Bertz CT molecular complexity index is 1160. The molecule has 2 rings (SSSR count). The molecule has 0 radical (unpaired) electrons. The van der Waals surface area contributed by atoms with Crippen LogP contribution in [-0.4, -0.2) is 51.5 Å². The van der Waals surface area contributed by atoms with Crippen molar-refractivity contribution < 1.29 is 29.0 Å². The second kappa shape index (κ2) is 12.9. The summed E-state index contributed by atoms with van der Waals surface area (Å²) in [6, 6.07) is 10.4. The van der Waals surface area contributed by atoms with Gasteiger partial charge in [0, 0.05) is 23.7 Å². The van der Waals surface area contributed by atoms with E-state index in [0.717, 1.165) is 5.56 Å². The zero-order valence-electron chi connectivity index (χ0n) is 22.8. The van der Waals surface area contributed by atoms with Gasteiger partial charge in [-0.15, -0.1) is 0 Å². The average molecular weight is 527 g/mol. The molecular formula is C28H38N4O6. The number of primary amides is 1. The zero-order valence-corrected chi connectivity index (χ0v) is 22.8. The summed E-state index contributed by atoms with van der Waals surface area (Å²) in [6.45, 7) is 10.3. The number of anilines is 1. The van der Waals surface area contributed by atoms with Crippen molar-refractivity contribution in [1.29, 1.82) is 0 Å². The topological polar surface area (TPSA) is 151 Å². The molecule has 0 aromatic heterocycles. The Morgan fingerprint density at radius 3 is 2.18 bits per heavy atom. The van der Waals surface area contributed by atoms with Gasteiger partial charge in [-0.25, -0.2) is 4.79 Å². The minimum atomic E-state index is -1.26. The number of para-hydroxylation sites is 2. The Morgan fingerprint density at radius 1 is 1.03 bits per heavy atom. The third kappa shape index (κ3) is 8.50. The van der Waals surface area contributed by atoms with Crippen molar-refractivity contribution in [3.8, 4) is 5.75 Å². The van der Waals surface area contributed by atoms with Crippen LogP contribution >= 0.6 is 0 Å². The molecular weight excluding hydrogens is 488 g/mol. The molecule has 0 aliphatic rings. The molecule has 10 nitrogen and oxygen atoms in total. The predicted molar refractivity (Wildman–Crippen MR) is 144 cm³/mol. The van der Waals surface area contributed by atoms with E-state index in [1.807, 2.05) is 19.1 Å². The average Bonchev–Trinajstić information content (AvgIpc) is 2.80. The summed E-state index contributed by atoms with van der Waals surface area (Å²) in [4.78, 5) is 53.2. The lowest BCUT2D eigenvalue weighted by atomic mass is 9.99. The predicted octanol–water partition coefficient (Wildman–Crippen LogP) is 3.78. The number of carbonyl (C=O) groups is 4. The lowest BCUT2D eigenvalue weighted by Crippen LogP contribution is -2.54. The maximum atomic E-state index is 14.0. The van der Waals surface area contributed by atoms with E-state index in [4.69, 9.17) is 10.5 Å². The second-order valence-corrected chi connectivity index (χ2v) is 10.3. The Hall–Kier alpha value is -4.08. The van der Waals surface area contributed by atoms with Crippen LogP contribution in [0.15, 0.2) is 48.5 Å². The van der Waals surface area contributed by atoms with Gasteiger partial charge in [0.15, 0.2) is 0 Å². The largest absolute Gasteiger partial charge is 0.508 e. The number of carbonyl (C=O) groups excluding carboxylic acids is 4. The number of ether oxygens (including phenoxy) is 1. The maximum absolute atomic E-state index is 14.0. The van der Waals surface area contributed by atoms with E-state index in [1.165, 1.54) is 11.0 Å². The summed E-state index contributed by atoms with van der Waals surface area (Å²) < 4.78 is 5.31. The van der Waals surface area contributed by atoms with Crippen molar-refractivity contribution in [2.75, 3.05) is 5.32 Å². The van der Waals surface area contributed by atoms with Crippen LogP contribution < -0.4 is 16.4 Å². The van der Waals surface area contributed by atoms with E-state index >= 15 is 0 Å². The number of aromatic hydroxyl groups is 1. The van der Waals surface area contributed by atoms with E-state index in [9.17, 15) is 24.3 Å². The monoisotopic (exact) mass is 526 g/mol. The fraction of sp³-hybridized carbons (Fsp3) is 0.429. The number of aryl methyl sites for hydroxylation is 1. The van der Waals surface area contributed by atoms with Crippen LogP contribution in [0.4, 0.5) is 10.5 Å². The van der Waals surface area contributed by atoms with Crippen molar-refractivity contribution in [1.82, 2.24) is 10.2 Å². The molecule has 2 aromatic rings. The molecule has 0 fully saturated rings. The van der Waals surface area contributed by atoms with Crippen LogP contribution in [-0.2, 0) is 19.1 Å². The number of hydrogen-bond acceptors (Lipinski definition) is 6. The molecule has 5 N–H and O–H groups in total. The van der Waals surface area contributed by atoms with Gasteiger partial charge in [-0.1, -0.05) is 36.4 Å². The number of phenolic OH excluding ortho intramolecular Hbond substituents is 1. The summed E-state index contributed by atoms with van der Waals surface area (Å²) in [7, 11) is 0. The number of rotatable bonds is 10. The van der Waals surface area contributed by atoms with Crippen LogP contribution in [0.2, 0.25) is 0 Å². The van der Waals surface area contributed by atoms with Gasteiger partial charge in [-0.3, -0.25) is 14.4 Å². The number of phenols is 1. The minimum absolute atomic E-state index is 0.108. The Kier molecular flexibility index (Phi) is 10.3. The first-order valence-electron chi connectivity index (χ1n) is 12.5. The lowest BCUT2D eigenvalue weighted by molar-refractivity contribution is -0.143. The number of hydrogen-bond donors (Lipinski definition) is 4. The molecule has 0 saturated heterocycles. The molecule has 0 spiro atoms. The molecule has 0 heterocycles. The number of nitrogens with one attached hydrogen (secondary N) is 2. The van der Waals surface area contributed by atoms with E-state index in [0.29, 0.717) is 5.69 Å². The molecule has 38 heavy (non-hydrogen) atoms. The summed E-state index contributed by atoms with van der Waals surface area (Å²) in [5, 5.41) is 16.1. The molecule has 2 atom stereocenters. The Morgan fingerprint density at radius 2 is 1.63 bits per heavy atom. The van der Waals surface area contributed by atoms with Crippen LogP contribution in [0, 0.1) is 6.92 Å². The molecule has 0 bridgehead atoms. The summed E-state index contributed by atoms with van der Waals surface area (Å²) in [5.41, 5.74) is 6.05. The third-order valence-electron chi connectivity index (χ3n) is 5.64. The van der Waals surface area contributed by atoms with Gasteiger partial charge in [0.2, 0.25) is 11.8 Å². The van der Waals surface area contributed by atoms with Crippen molar-refractivity contribution in [2.24, 2.45) is 5.73 Å². The molecule has 206 valence electrons. The van der Waals surface area contributed by atoms with Crippen molar-refractivity contribution in [3.05, 3.63) is 59.7 Å². The van der Waals surface area contributed by atoms with Crippen LogP contribution in [0.3, 0.4) is 0 Å². The van der Waals surface area contributed by atoms with E-state index < -0.39 is 47.5 Å². The van der Waals surface area contributed by atoms with Crippen LogP contribution in [0.1, 0.15) is 64.6 Å². The Balaban J connectivity index is 2.54. The molecule has 2 unspecified atom stereocenters. The van der Waals surface area contributed by atoms with Gasteiger partial charge in [0.05, 0.1) is 0 Å². The van der Waals surface area contributed by atoms with Crippen LogP contribution in [0.25, 0.3) is 0 Å². The molecule has 2 aromatic carbocycles. The number of nitrogens with two attached hydrogens (primary N) is 1. The van der Waals surface area contributed by atoms with Gasteiger partial charge in [-0.2, -0.15) is 0 Å². The summed E-state index contributed by atoms with van der Waals surface area (Å²) in [6.07, 6.45) is -1.15. The highest BCUT2D eigenvalue weighted by Gasteiger charge is 2.39. The highest BCUT2D eigenvalue weighted by Crippen LogP contribution is 2.32. The molecule has 4 amide bonds. The van der Waals surface area contributed by atoms with Gasteiger partial charge < -0.3 is 31.1 Å². The normalized spacial score (nSPS) is 12.8. The zero-order chi connectivity index (χ0) is 28.6. The van der Waals surface area contributed by atoms with Gasteiger partial charge >= 0.3 is 6.09 Å². The number of nitrogens with zero attached hydrogens (tertiary/aromatic N) is 1. The lowest BCUT2D eigenvalue weighted by Gasteiger charge is -2.37. The quantitative estimate of drug-likeness (QED) is 0.370. The smallest absolute Gasteiger partial charge is 0.408 e. The van der Waals surface area contributed by atoms with Crippen LogP contribution in [0.5, 0.6) is 5.75 Å². The van der Waals surface area contributed by atoms with Crippen molar-refractivity contribution >= 4 is 29.5 Å². The first kappa shape index (κ1) is 30.1. The third-order valence-corrected chi connectivity index (χ3v) is 5.64. The maximum Gasteiger partial charge on any atom is 0.408 e. The van der Waals surface area contributed by atoms with E-state index in [-0.39, 0.29) is 24.2 Å².